The molecule has 3 N–H and O–H groups in total. The monoisotopic (exact) mass is 390 g/mol. The molecular formula is C23H35O3P. The van der Waals surface area contributed by atoms with Crippen LogP contribution in [0.5, 0.6) is 0 Å². The summed E-state index contributed by atoms with van der Waals surface area (Å²) in [5, 5.41) is 0.470. The first-order valence-corrected chi connectivity index (χ1v) is 12.3. The molecule has 150 valence electrons. The van der Waals surface area contributed by atoms with Crippen LogP contribution in [0.1, 0.15) is 68.6 Å². The molecule has 0 atom stereocenters. The number of aryl methyl sites for hydroxylation is 3. The Labute approximate surface area is 164 Å². The van der Waals surface area contributed by atoms with E-state index in [-0.39, 0.29) is 10.6 Å². The van der Waals surface area contributed by atoms with E-state index in [4.69, 9.17) is 0 Å². The van der Waals surface area contributed by atoms with E-state index in [2.05, 4.69) is 6.92 Å². The second-order valence-corrected chi connectivity index (χ2v) is 10.8. The van der Waals surface area contributed by atoms with Crippen LogP contribution < -0.4 is 10.6 Å². The predicted octanol–water partition coefficient (Wildman–Crippen LogP) is 4.82. The van der Waals surface area contributed by atoms with Gasteiger partial charge in [-0.2, -0.15) is 0 Å². The second-order valence-electron chi connectivity index (χ2n) is 7.82. The number of hydrogen-bond acceptors (Lipinski definition) is 3. The van der Waals surface area contributed by atoms with Crippen LogP contribution >= 0.6 is 7.28 Å². The van der Waals surface area contributed by atoms with Crippen LogP contribution in [0.3, 0.4) is 0 Å². The van der Waals surface area contributed by atoms with Gasteiger partial charge in [-0.15, -0.1) is 0 Å². The standard InChI is InChI=1S/C23H35O3P/c1-4-5-6-7-8-9-10-11-21-18-20(3)14-17-23(21)27(24,25,26)22-15-12-19(2)13-16-22/h12-18,24-26H,4-11H2,1-3H3. The van der Waals surface area contributed by atoms with E-state index in [1.165, 1.54) is 32.1 Å². The Morgan fingerprint density at radius 3 is 1.89 bits per heavy atom. The summed E-state index contributed by atoms with van der Waals surface area (Å²) in [4.78, 5) is 33.1. The van der Waals surface area contributed by atoms with Gasteiger partial charge in [0.25, 0.3) is 0 Å². The molecule has 0 aliphatic carbocycles. The summed E-state index contributed by atoms with van der Waals surface area (Å²) >= 11 is 0. The molecule has 0 spiro atoms. The summed E-state index contributed by atoms with van der Waals surface area (Å²) < 4.78 is 0. The minimum atomic E-state index is -5.12. The number of unbranched alkanes of at least 4 members (excludes halogenated alkanes) is 6. The first-order chi connectivity index (χ1) is 12.7. The van der Waals surface area contributed by atoms with Crippen LogP contribution in [-0.4, -0.2) is 14.7 Å². The molecule has 0 aliphatic heterocycles. The van der Waals surface area contributed by atoms with Crippen LogP contribution in [0.2, 0.25) is 0 Å². The van der Waals surface area contributed by atoms with Crippen LogP contribution in [0.25, 0.3) is 0 Å². The van der Waals surface area contributed by atoms with Crippen molar-refractivity contribution in [1.29, 1.82) is 0 Å². The molecular weight excluding hydrogens is 355 g/mol. The molecule has 0 saturated carbocycles. The molecule has 2 rings (SSSR count). The minimum absolute atomic E-state index is 0.191. The van der Waals surface area contributed by atoms with Crippen LogP contribution in [-0.2, 0) is 6.42 Å². The average Bonchev–Trinajstić information content (AvgIpc) is 2.61. The zero-order valence-electron chi connectivity index (χ0n) is 17.0. The molecule has 0 unspecified atom stereocenters. The molecule has 0 aliphatic rings. The van der Waals surface area contributed by atoms with Crippen LogP contribution in [0, 0.1) is 13.8 Å². The number of hydrogen-bond donors (Lipinski definition) is 3. The van der Waals surface area contributed by atoms with E-state index in [1.54, 1.807) is 30.3 Å². The van der Waals surface area contributed by atoms with Gasteiger partial charge in [0, 0.05) is 0 Å². The maximum absolute atomic E-state index is 11.0. The van der Waals surface area contributed by atoms with Crippen LogP contribution in [0.15, 0.2) is 42.5 Å². The Morgan fingerprint density at radius 1 is 0.704 bits per heavy atom. The summed E-state index contributed by atoms with van der Waals surface area (Å²) in [5.74, 6) is 0. The summed E-state index contributed by atoms with van der Waals surface area (Å²) in [6, 6.07) is 12.3. The van der Waals surface area contributed by atoms with Gasteiger partial charge in [-0.1, -0.05) is 0 Å². The molecule has 0 amide bonds. The van der Waals surface area contributed by atoms with Gasteiger partial charge in [0.15, 0.2) is 0 Å². The van der Waals surface area contributed by atoms with Crippen molar-refractivity contribution in [3.63, 3.8) is 0 Å². The summed E-state index contributed by atoms with van der Waals surface area (Å²) in [6.45, 7) is 6.14. The van der Waals surface area contributed by atoms with Gasteiger partial charge in [-0.25, -0.2) is 0 Å². The van der Waals surface area contributed by atoms with Crippen molar-refractivity contribution >= 4 is 17.9 Å². The SMILES string of the molecule is CCCCCCCCCc1cc(C)ccc1P(O)(O)(O)c1ccc(C)cc1. The van der Waals surface area contributed by atoms with Gasteiger partial charge in [-0.05, 0) is 0 Å². The first kappa shape index (κ1) is 22.0. The van der Waals surface area contributed by atoms with E-state index in [9.17, 15) is 14.7 Å². The Kier molecular flexibility index (Phi) is 7.59. The van der Waals surface area contributed by atoms with Crippen molar-refractivity contribution in [2.75, 3.05) is 0 Å². The third-order valence-corrected chi connectivity index (χ3v) is 7.81. The van der Waals surface area contributed by atoms with Crippen molar-refractivity contribution in [1.82, 2.24) is 0 Å². The third kappa shape index (κ3) is 5.86. The molecule has 0 heterocycles. The molecule has 2 aromatic carbocycles. The molecule has 4 heteroatoms. The third-order valence-electron chi connectivity index (χ3n) is 5.24. The second kappa shape index (κ2) is 9.30. The van der Waals surface area contributed by atoms with Crippen molar-refractivity contribution in [3.05, 3.63) is 59.2 Å². The Bertz CT molecular complexity index is 730. The summed E-state index contributed by atoms with van der Waals surface area (Å²) in [6.07, 6.45) is 9.17. The molecule has 0 saturated heterocycles. The van der Waals surface area contributed by atoms with Gasteiger partial charge in [0.05, 0.1) is 0 Å². The zero-order valence-corrected chi connectivity index (χ0v) is 17.9. The van der Waals surface area contributed by atoms with Gasteiger partial charge in [0.1, 0.15) is 0 Å². The van der Waals surface area contributed by atoms with Crippen molar-refractivity contribution in [3.8, 4) is 0 Å². The Hall–Kier alpha value is -1.25. The average molecular weight is 391 g/mol. The molecule has 0 fully saturated rings. The van der Waals surface area contributed by atoms with Gasteiger partial charge in [-0.3, -0.25) is 0 Å². The normalized spacial score (nSPS) is 13.3. The quantitative estimate of drug-likeness (QED) is 0.402. The molecule has 0 radical (unpaired) electrons. The van der Waals surface area contributed by atoms with E-state index in [0.29, 0.717) is 0 Å². The van der Waals surface area contributed by atoms with Gasteiger partial charge < -0.3 is 0 Å². The Morgan fingerprint density at radius 2 is 1.26 bits per heavy atom. The van der Waals surface area contributed by atoms with Gasteiger partial charge in [0.2, 0.25) is 0 Å². The topological polar surface area (TPSA) is 60.7 Å². The van der Waals surface area contributed by atoms with Crippen LogP contribution in [0.4, 0.5) is 0 Å². The van der Waals surface area contributed by atoms with E-state index in [0.717, 1.165) is 36.0 Å². The van der Waals surface area contributed by atoms with Crippen molar-refractivity contribution in [2.45, 2.75) is 72.1 Å². The zero-order chi connectivity index (χ0) is 19.9. The molecule has 2 aromatic rings. The fourth-order valence-electron chi connectivity index (χ4n) is 3.55. The summed E-state index contributed by atoms with van der Waals surface area (Å²) in [7, 11) is -5.12. The molecule has 3 nitrogen and oxygen atoms in total. The fraction of sp³-hybridized carbons (Fsp3) is 0.478. The number of benzene rings is 2. The maximum atomic E-state index is 11.0. The van der Waals surface area contributed by atoms with Gasteiger partial charge >= 0.3 is 164 Å². The first-order valence-electron chi connectivity index (χ1n) is 10.2. The molecule has 0 bridgehead atoms. The van der Waals surface area contributed by atoms with Crippen molar-refractivity contribution in [2.24, 2.45) is 0 Å². The molecule has 27 heavy (non-hydrogen) atoms. The number of rotatable bonds is 10. The Balaban J connectivity index is 2.17. The fourth-order valence-corrected chi connectivity index (χ4v) is 5.58. The predicted molar refractivity (Wildman–Crippen MR) is 117 cm³/mol. The van der Waals surface area contributed by atoms with E-state index >= 15 is 0 Å². The summed E-state index contributed by atoms with van der Waals surface area (Å²) in [5.41, 5.74) is 2.92. The van der Waals surface area contributed by atoms with E-state index < -0.39 is 7.28 Å². The molecule has 0 aromatic heterocycles. The van der Waals surface area contributed by atoms with Crippen molar-refractivity contribution < 1.29 is 14.7 Å². The van der Waals surface area contributed by atoms with E-state index in [1.807, 2.05) is 26.0 Å².